The third-order valence-corrected chi connectivity index (χ3v) is 6.56. The number of aryl methyl sites for hydroxylation is 1. The first-order chi connectivity index (χ1) is 13.9. The van der Waals surface area contributed by atoms with Gasteiger partial charge in [0.15, 0.2) is 0 Å². The van der Waals surface area contributed by atoms with Crippen molar-refractivity contribution in [3.63, 3.8) is 0 Å². The minimum Gasteiger partial charge on any atom is -0.355 e. The fraction of sp³-hybridized carbons (Fsp3) is 0.619. The number of hydrogen-bond donors (Lipinski definition) is 2. The maximum absolute atomic E-state index is 13.2. The molecule has 0 spiro atoms. The lowest BCUT2D eigenvalue weighted by Crippen LogP contribution is -2.41. The highest BCUT2D eigenvalue weighted by molar-refractivity contribution is 7.89. The lowest BCUT2D eigenvalue weighted by Gasteiger charge is -2.23. The highest BCUT2D eigenvalue weighted by Crippen LogP contribution is 2.20. The van der Waals surface area contributed by atoms with Crippen molar-refractivity contribution in [2.45, 2.75) is 51.5 Å². The van der Waals surface area contributed by atoms with Crippen LogP contribution in [0.3, 0.4) is 0 Å². The van der Waals surface area contributed by atoms with E-state index in [1.54, 1.807) is 38.7 Å². The third-order valence-electron chi connectivity index (χ3n) is 4.81. The van der Waals surface area contributed by atoms with Crippen LogP contribution < -0.4 is 10.0 Å². The molecule has 9 heteroatoms. The number of carbonyl (C=O) groups excluding carboxylic acids is 2. The number of carbonyl (C=O) groups is 2. The number of hydrogen-bond acceptors (Lipinski definition) is 5. The molecule has 1 aliphatic heterocycles. The summed E-state index contributed by atoms with van der Waals surface area (Å²) in [6.07, 6.45) is 0.758. The maximum Gasteiger partial charge on any atom is 0.254 e. The monoisotopic (exact) mass is 438 g/mol. The molecule has 1 aromatic carbocycles. The van der Waals surface area contributed by atoms with Crippen LogP contribution in [-0.4, -0.2) is 74.8 Å². The largest absolute Gasteiger partial charge is 0.355 e. The van der Waals surface area contributed by atoms with E-state index in [2.05, 4.69) is 10.0 Å². The van der Waals surface area contributed by atoms with E-state index < -0.39 is 15.6 Å². The molecule has 1 saturated heterocycles. The summed E-state index contributed by atoms with van der Waals surface area (Å²) in [5.41, 5.74) is 0.508. The van der Waals surface area contributed by atoms with Gasteiger partial charge in [0, 0.05) is 43.8 Å². The highest BCUT2D eigenvalue weighted by Gasteiger charge is 2.26. The van der Waals surface area contributed by atoms with Crippen LogP contribution in [0.2, 0.25) is 0 Å². The van der Waals surface area contributed by atoms with Crippen molar-refractivity contribution in [1.82, 2.24) is 19.8 Å². The van der Waals surface area contributed by atoms with Crippen LogP contribution in [-0.2, 0) is 14.8 Å². The van der Waals surface area contributed by atoms with E-state index in [4.69, 9.17) is 0 Å². The maximum atomic E-state index is 13.2. The Morgan fingerprint density at radius 1 is 1.10 bits per heavy atom. The molecular weight excluding hydrogens is 404 g/mol. The highest BCUT2D eigenvalue weighted by atomic mass is 32.2. The predicted molar refractivity (Wildman–Crippen MR) is 117 cm³/mol. The molecule has 0 saturated carbocycles. The molecule has 0 atom stereocenters. The molecule has 0 radical (unpaired) electrons. The summed E-state index contributed by atoms with van der Waals surface area (Å²) in [5, 5.41) is 2.79. The average Bonchev–Trinajstić information content (AvgIpc) is 2.85. The van der Waals surface area contributed by atoms with E-state index in [0.29, 0.717) is 38.3 Å². The Bertz CT molecular complexity index is 877. The van der Waals surface area contributed by atoms with E-state index in [9.17, 15) is 18.0 Å². The van der Waals surface area contributed by atoms with Gasteiger partial charge in [0.1, 0.15) is 0 Å². The van der Waals surface area contributed by atoms with Crippen LogP contribution in [0, 0.1) is 6.92 Å². The minimum atomic E-state index is -3.73. The minimum absolute atomic E-state index is 0.0163. The molecule has 30 heavy (non-hydrogen) atoms. The van der Waals surface area contributed by atoms with Crippen molar-refractivity contribution in [2.75, 3.05) is 39.3 Å². The summed E-state index contributed by atoms with van der Waals surface area (Å²) in [6.45, 7) is 12.3. The Labute approximate surface area is 180 Å². The fourth-order valence-corrected chi connectivity index (χ4v) is 4.86. The van der Waals surface area contributed by atoms with Gasteiger partial charge in [0.25, 0.3) is 5.91 Å². The van der Waals surface area contributed by atoms with Crippen molar-refractivity contribution >= 4 is 21.8 Å². The van der Waals surface area contributed by atoms with Gasteiger partial charge in [0.2, 0.25) is 15.9 Å². The van der Waals surface area contributed by atoms with Crippen LogP contribution >= 0.6 is 0 Å². The Morgan fingerprint density at radius 2 is 1.80 bits per heavy atom. The van der Waals surface area contributed by atoms with Crippen molar-refractivity contribution < 1.29 is 18.0 Å². The first-order valence-corrected chi connectivity index (χ1v) is 11.8. The van der Waals surface area contributed by atoms with Gasteiger partial charge in [-0.25, -0.2) is 13.1 Å². The SMILES string of the molecule is CCNC(=O)CN1CCCN(C(=O)c2cc(S(=O)(=O)NC(C)(C)C)ccc2C)CC1. The Morgan fingerprint density at radius 3 is 2.43 bits per heavy atom. The topological polar surface area (TPSA) is 98.8 Å². The predicted octanol–water partition coefficient (Wildman–Crippen LogP) is 1.36. The van der Waals surface area contributed by atoms with Crippen LogP contribution in [0.5, 0.6) is 0 Å². The standard InChI is InChI=1S/C21H34N4O4S/c1-6-22-19(26)15-24-10-7-11-25(13-12-24)20(27)18-14-17(9-8-16(18)2)30(28,29)23-21(3,4)5/h8-9,14,23H,6-7,10-13,15H2,1-5H3,(H,22,26). The van der Waals surface area contributed by atoms with Crippen LogP contribution in [0.15, 0.2) is 23.1 Å². The zero-order valence-electron chi connectivity index (χ0n) is 18.6. The van der Waals surface area contributed by atoms with Gasteiger partial charge in [-0.2, -0.15) is 0 Å². The average molecular weight is 439 g/mol. The number of nitrogens with one attached hydrogen (secondary N) is 2. The van der Waals surface area contributed by atoms with Gasteiger partial charge < -0.3 is 10.2 Å². The summed E-state index contributed by atoms with van der Waals surface area (Å²) in [4.78, 5) is 28.9. The van der Waals surface area contributed by atoms with E-state index in [0.717, 1.165) is 18.5 Å². The zero-order chi connectivity index (χ0) is 22.5. The molecule has 2 rings (SSSR count). The molecule has 2 amide bonds. The van der Waals surface area contributed by atoms with Gasteiger partial charge in [-0.05, 0) is 58.7 Å². The van der Waals surface area contributed by atoms with Crippen LogP contribution in [0.25, 0.3) is 0 Å². The molecule has 1 aliphatic rings. The van der Waals surface area contributed by atoms with E-state index in [-0.39, 0.29) is 16.7 Å². The Kier molecular flexibility index (Phi) is 8.01. The number of nitrogens with zero attached hydrogens (tertiary/aromatic N) is 2. The summed E-state index contributed by atoms with van der Waals surface area (Å²) >= 11 is 0. The molecule has 2 N–H and O–H groups in total. The molecule has 0 aliphatic carbocycles. The lowest BCUT2D eigenvalue weighted by molar-refractivity contribution is -0.122. The van der Waals surface area contributed by atoms with E-state index in [1.165, 1.54) is 12.1 Å². The molecular formula is C21H34N4O4S. The summed E-state index contributed by atoms with van der Waals surface area (Å²) in [6, 6.07) is 4.66. The quantitative estimate of drug-likeness (QED) is 0.699. The first kappa shape index (κ1) is 24.3. The number of benzene rings is 1. The Hall–Kier alpha value is -1.97. The Balaban J connectivity index is 2.16. The normalized spacial score (nSPS) is 16.2. The van der Waals surface area contributed by atoms with Crippen LogP contribution in [0.1, 0.15) is 50.0 Å². The first-order valence-electron chi connectivity index (χ1n) is 10.4. The molecule has 168 valence electrons. The number of likely N-dealkylation sites (N-methyl/N-ethyl adjacent to an activating group) is 1. The lowest BCUT2D eigenvalue weighted by atomic mass is 10.1. The fourth-order valence-electron chi connectivity index (χ4n) is 3.42. The molecule has 1 heterocycles. The second-order valence-electron chi connectivity index (χ2n) is 8.71. The van der Waals surface area contributed by atoms with Gasteiger partial charge in [-0.1, -0.05) is 6.07 Å². The summed E-state index contributed by atoms with van der Waals surface area (Å²) in [7, 11) is -3.73. The molecule has 1 fully saturated rings. The van der Waals surface area contributed by atoms with Gasteiger partial charge in [-0.3, -0.25) is 14.5 Å². The molecule has 1 aromatic rings. The van der Waals surface area contributed by atoms with Gasteiger partial charge in [-0.15, -0.1) is 0 Å². The van der Waals surface area contributed by atoms with E-state index in [1.807, 2.05) is 11.8 Å². The molecule has 0 aromatic heterocycles. The number of rotatable bonds is 6. The number of amides is 2. The second kappa shape index (κ2) is 9.89. The second-order valence-corrected chi connectivity index (χ2v) is 10.4. The van der Waals surface area contributed by atoms with Crippen molar-refractivity contribution in [2.24, 2.45) is 0 Å². The summed E-state index contributed by atoms with van der Waals surface area (Å²) in [5.74, 6) is -0.197. The van der Waals surface area contributed by atoms with Crippen LogP contribution in [0.4, 0.5) is 0 Å². The van der Waals surface area contributed by atoms with Crippen molar-refractivity contribution in [3.8, 4) is 0 Å². The number of sulfonamides is 1. The molecule has 8 nitrogen and oxygen atoms in total. The van der Waals surface area contributed by atoms with E-state index >= 15 is 0 Å². The molecule has 0 bridgehead atoms. The van der Waals surface area contributed by atoms with Crippen molar-refractivity contribution in [3.05, 3.63) is 29.3 Å². The zero-order valence-corrected chi connectivity index (χ0v) is 19.4. The smallest absolute Gasteiger partial charge is 0.254 e. The third kappa shape index (κ3) is 6.78. The van der Waals surface area contributed by atoms with Gasteiger partial charge >= 0.3 is 0 Å². The summed E-state index contributed by atoms with van der Waals surface area (Å²) < 4.78 is 28.0. The van der Waals surface area contributed by atoms with Crippen molar-refractivity contribution in [1.29, 1.82) is 0 Å². The van der Waals surface area contributed by atoms with Gasteiger partial charge in [0.05, 0.1) is 11.4 Å². The molecule has 0 unspecified atom stereocenters.